The molecule has 2 aromatic carbocycles. The first kappa shape index (κ1) is 16.2. The van der Waals surface area contributed by atoms with Crippen molar-refractivity contribution in [2.45, 2.75) is 43.7 Å². The summed E-state index contributed by atoms with van der Waals surface area (Å²) in [6, 6.07) is 9.62. The quantitative estimate of drug-likeness (QED) is 0.775. The monoisotopic (exact) mass is 345 g/mol. The fraction of sp³-hybridized carbons (Fsp3) is 0.350. The van der Waals surface area contributed by atoms with E-state index in [0.717, 1.165) is 49.4 Å². The second-order valence-corrected chi connectivity index (χ2v) is 6.98. The SMILES string of the molecule is O=C(c1cc(F)cc(F)c1)N1[C@@H]2CC[C@H]1CC(c1ccc(F)cc1)C2. The van der Waals surface area contributed by atoms with Crippen LogP contribution in [-0.4, -0.2) is 22.9 Å². The maximum Gasteiger partial charge on any atom is 0.254 e. The van der Waals surface area contributed by atoms with Crippen molar-refractivity contribution in [3.63, 3.8) is 0 Å². The van der Waals surface area contributed by atoms with Gasteiger partial charge in [-0.25, -0.2) is 13.2 Å². The van der Waals surface area contributed by atoms with Gasteiger partial charge in [-0.2, -0.15) is 0 Å². The zero-order chi connectivity index (χ0) is 17.6. The van der Waals surface area contributed by atoms with Crippen LogP contribution >= 0.6 is 0 Å². The van der Waals surface area contributed by atoms with E-state index in [0.29, 0.717) is 0 Å². The lowest BCUT2D eigenvalue weighted by molar-refractivity contribution is 0.0570. The van der Waals surface area contributed by atoms with Crippen molar-refractivity contribution in [3.05, 3.63) is 71.0 Å². The third-order valence-electron chi connectivity index (χ3n) is 5.42. The minimum absolute atomic E-state index is 0.0626. The van der Waals surface area contributed by atoms with Gasteiger partial charge in [0, 0.05) is 23.7 Å². The minimum Gasteiger partial charge on any atom is -0.333 e. The number of carbonyl (C=O) groups is 1. The van der Waals surface area contributed by atoms with Gasteiger partial charge >= 0.3 is 0 Å². The Balaban J connectivity index is 1.56. The molecule has 2 saturated heterocycles. The number of hydrogen-bond acceptors (Lipinski definition) is 1. The Hall–Kier alpha value is -2.30. The van der Waals surface area contributed by atoms with Crippen molar-refractivity contribution in [1.82, 2.24) is 4.90 Å². The zero-order valence-corrected chi connectivity index (χ0v) is 13.6. The topological polar surface area (TPSA) is 20.3 Å². The molecule has 0 spiro atoms. The zero-order valence-electron chi connectivity index (χ0n) is 13.6. The molecule has 5 heteroatoms. The number of nitrogens with zero attached hydrogens (tertiary/aromatic N) is 1. The molecule has 2 aromatic rings. The molecule has 3 atom stereocenters. The molecule has 4 rings (SSSR count). The fourth-order valence-electron chi connectivity index (χ4n) is 4.34. The predicted molar refractivity (Wildman–Crippen MR) is 87.7 cm³/mol. The normalized spacial score (nSPS) is 25.2. The lowest BCUT2D eigenvalue weighted by Crippen LogP contribution is -2.46. The van der Waals surface area contributed by atoms with Gasteiger partial charge in [-0.05, 0) is 61.4 Å². The molecule has 2 bridgehead atoms. The molecule has 0 aromatic heterocycles. The summed E-state index contributed by atoms with van der Waals surface area (Å²) in [5.41, 5.74) is 1.15. The summed E-state index contributed by atoms with van der Waals surface area (Å²) in [6.07, 6.45) is 3.38. The van der Waals surface area contributed by atoms with E-state index in [9.17, 15) is 18.0 Å². The highest BCUT2D eigenvalue weighted by molar-refractivity contribution is 5.95. The molecule has 2 fully saturated rings. The lowest BCUT2D eigenvalue weighted by Gasteiger charge is -2.39. The van der Waals surface area contributed by atoms with Crippen LogP contribution in [-0.2, 0) is 0 Å². The number of carbonyl (C=O) groups excluding carboxylic acids is 1. The number of halogens is 3. The summed E-state index contributed by atoms with van der Waals surface area (Å²) in [6.45, 7) is 0. The molecular weight excluding hydrogens is 327 g/mol. The van der Waals surface area contributed by atoms with Crippen LogP contribution < -0.4 is 0 Å². The van der Waals surface area contributed by atoms with Gasteiger partial charge in [0.1, 0.15) is 17.5 Å². The molecule has 0 N–H and O–H groups in total. The first-order chi connectivity index (χ1) is 12.0. The van der Waals surface area contributed by atoms with E-state index in [4.69, 9.17) is 0 Å². The minimum atomic E-state index is -0.739. The van der Waals surface area contributed by atoms with Crippen molar-refractivity contribution in [2.75, 3.05) is 0 Å². The van der Waals surface area contributed by atoms with Gasteiger partial charge in [0.05, 0.1) is 0 Å². The molecule has 1 unspecified atom stereocenters. The third-order valence-corrected chi connectivity index (χ3v) is 5.42. The van der Waals surface area contributed by atoms with Gasteiger partial charge < -0.3 is 4.90 Å². The Morgan fingerprint density at radius 3 is 1.96 bits per heavy atom. The van der Waals surface area contributed by atoms with Crippen LogP contribution in [0, 0.1) is 17.5 Å². The highest BCUT2D eigenvalue weighted by Gasteiger charge is 2.43. The average Bonchev–Trinajstić information content (AvgIpc) is 2.83. The van der Waals surface area contributed by atoms with Crippen molar-refractivity contribution in [3.8, 4) is 0 Å². The van der Waals surface area contributed by atoms with Gasteiger partial charge in [0.15, 0.2) is 0 Å². The van der Waals surface area contributed by atoms with Crippen LogP contribution in [0.3, 0.4) is 0 Å². The Morgan fingerprint density at radius 2 is 1.40 bits per heavy atom. The Bertz CT molecular complexity index is 771. The molecule has 2 heterocycles. The Morgan fingerprint density at radius 1 is 0.840 bits per heavy atom. The van der Waals surface area contributed by atoms with Crippen molar-refractivity contribution < 1.29 is 18.0 Å². The summed E-state index contributed by atoms with van der Waals surface area (Å²) in [5.74, 6) is -1.75. The molecule has 130 valence electrons. The molecule has 2 aliphatic heterocycles. The predicted octanol–water partition coefficient (Wildman–Crippen LogP) is 4.65. The summed E-state index contributed by atoms with van der Waals surface area (Å²) < 4.78 is 40.0. The molecule has 0 saturated carbocycles. The van der Waals surface area contributed by atoms with E-state index < -0.39 is 11.6 Å². The smallest absolute Gasteiger partial charge is 0.254 e. The Labute approximate surface area is 144 Å². The lowest BCUT2D eigenvalue weighted by atomic mass is 9.85. The van der Waals surface area contributed by atoms with Gasteiger partial charge in [-0.1, -0.05) is 12.1 Å². The van der Waals surface area contributed by atoms with Gasteiger partial charge in [0.25, 0.3) is 5.91 Å². The molecule has 0 aliphatic carbocycles. The van der Waals surface area contributed by atoms with Crippen LogP contribution in [0.4, 0.5) is 13.2 Å². The maximum atomic E-state index is 13.4. The first-order valence-electron chi connectivity index (χ1n) is 8.55. The van der Waals surface area contributed by atoms with Crippen molar-refractivity contribution in [1.29, 1.82) is 0 Å². The molecular formula is C20H18F3NO. The van der Waals surface area contributed by atoms with Crippen molar-refractivity contribution in [2.24, 2.45) is 0 Å². The number of hydrogen-bond donors (Lipinski definition) is 0. The maximum absolute atomic E-state index is 13.4. The van der Waals surface area contributed by atoms with Gasteiger partial charge in [-0.15, -0.1) is 0 Å². The van der Waals surface area contributed by atoms with Crippen LogP contribution in [0.15, 0.2) is 42.5 Å². The summed E-state index contributed by atoms with van der Waals surface area (Å²) in [4.78, 5) is 14.6. The fourth-order valence-corrected chi connectivity index (χ4v) is 4.34. The highest BCUT2D eigenvalue weighted by Crippen LogP contribution is 2.43. The van der Waals surface area contributed by atoms with Gasteiger partial charge in [-0.3, -0.25) is 4.79 Å². The molecule has 0 radical (unpaired) electrons. The molecule has 2 nitrogen and oxygen atoms in total. The summed E-state index contributed by atoms with van der Waals surface area (Å²) >= 11 is 0. The molecule has 25 heavy (non-hydrogen) atoms. The number of fused-ring (bicyclic) bond motifs is 2. The van der Waals surface area contributed by atoms with Gasteiger partial charge in [0.2, 0.25) is 0 Å². The van der Waals surface area contributed by atoms with Crippen LogP contribution in [0.25, 0.3) is 0 Å². The standard InChI is InChI=1S/C20H18F3NO/c21-15-3-1-12(2-4-15)13-9-18-5-6-19(10-13)24(18)20(25)14-7-16(22)11-17(23)8-14/h1-4,7-8,11,13,18-19H,5-6,9-10H2/t13?,18-,19+. The molecule has 2 aliphatic rings. The number of piperidine rings is 1. The van der Waals surface area contributed by atoms with E-state index in [1.807, 2.05) is 0 Å². The first-order valence-corrected chi connectivity index (χ1v) is 8.55. The third kappa shape index (κ3) is 3.03. The number of amides is 1. The largest absolute Gasteiger partial charge is 0.333 e. The number of benzene rings is 2. The highest BCUT2D eigenvalue weighted by atomic mass is 19.1. The van der Waals surface area contributed by atoms with E-state index in [1.54, 1.807) is 17.0 Å². The number of rotatable bonds is 2. The van der Waals surface area contributed by atoms with Crippen molar-refractivity contribution >= 4 is 5.91 Å². The van der Waals surface area contributed by atoms with E-state index >= 15 is 0 Å². The van der Waals surface area contributed by atoms with E-state index in [1.165, 1.54) is 12.1 Å². The van der Waals surface area contributed by atoms with E-state index in [-0.39, 0.29) is 35.3 Å². The summed E-state index contributed by atoms with van der Waals surface area (Å²) in [7, 11) is 0. The second-order valence-electron chi connectivity index (χ2n) is 6.98. The van der Waals surface area contributed by atoms with Crippen LogP contribution in [0.2, 0.25) is 0 Å². The Kier molecular flexibility index (Phi) is 4.02. The second kappa shape index (κ2) is 6.21. The summed E-state index contributed by atoms with van der Waals surface area (Å²) in [5, 5.41) is 0. The average molecular weight is 345 g/mol. The van der Waals surface area contributed by atoms with Crippen LogP contribution in [0.1, 0.15) is 47.5 Å². The van der Waals surface area contributed by atoms with E-state index in [2.05, 4.69) is 0 Å². The molecule has 1 amide bonds. The van der Waals surface area contributed by atoms with Crippen LogP contribution in [0.5, 0.6) is 0 Å².